The van der Waals surface area contributed by atoms with E-state index in [4.69, 9.17) is 0 Å². The van der Waals surface area contributed by atoms with Crippen LogP contribution in [0, 0.1) is 0 Å². The lowest BCUT2D eigenvalue weighted by Crippen LogP contribution is -1.96. The lowest BCUT2D eigenvalue weighted by molar-refractivity contribution is 0.796. The lowest BCUT2D eigenvalue weighted by Gasteiger charge is -2.13. The predicted octanol–water partition coefficient (Wildman–Crippen LogP) is 14.3. The highest BCUT2D eigenvalue weighted by Crippen LogP contribution is 2.42. The predicted molar refractivity (Wildman–Crippen MR) is 232 cm³/mol. The molecule has 0 aliphatic carbocycles. The molecule has 0 saturated carbocycles. The topological polar surface area (TPSA) is 9.86 Å². The molecule has 256 valence electrons. The van der Waals surface area contributed by atoms with Gasteiger partial charge in [0, 0.05) is 38.0 Å². The first-order valence-electron chi connectivity index (χ1n) is 19.2. The van der Waals surface area contributed by atoms with E-state index in [-0.39, 0.29) is 0 Å². The zero-order valence-corrected chi connectivity index (χ0v) is 30.3. The van der Waals surface area contributed by atoms with Gasteiger partial charge in [0.05, 0.1) is 27.8 Å². The molecule has 0 aliphatic rings. The maximum Gasteiger partial charge on any atom is 0.0619 e. The Morgan fingerprint density at radius 2 is 1.06 bits per heavy atom. The largest absolute Gasteiger partial charge is 0.309 e. The van der Waals surface area contributed by atoms with E-state index in [9.17, 15) is 0 Å². The van der Waals surface area contributed by atoms with Gasteiger partial charge < -0.3 is 9.13 Å². The summed E-state index contributed by atoms with van der Waals surface area (Å²) in [6, 6.07) is 65.5. The molecule has 0 unspecified atom stereocenters. The van der Waals surface area contributed by atoms with E-state index in [0.717, 1.165) is 6.42 Å². The Bertz CT molecular complexity index is 3250. The summed E-state index contributed by atoms with van der Waals surface area (Å²) in [5, 5.41) is 12.7. The minimum Gasteiger partial charge on any atom is -0.309 e. The Morgan fingerprint density at radius 3 is 1.87 bits per heavy atom. The van der Waals surface area contributed by atoms with Gasteiger partial charge in [-0.25, -0.2) is 0 Å². The highest BCUT2D eigenvalue weighted by atomic mass is 15.0. The van der Waals surface area contributed by atoms with Crippen LogP contribution >= 0.6 is 0 Å². The first kappa shape index (κ1) is 30.9. The first-order chi connectivity index (χ1) is 26.7. The highest BCUT2D eigenvalue weighted by Gasteiger charge is 2.19. The minimum atomic E-state index is 1.12. The molecule has 2 nitrogen and oxygen atoms in total. The molecular formula is C52H38N2. The molecule has 2 aromatic heterocycles. The van der Waals surface area contributed by atoms with Crippen molar-refractivity contribution in [1.29, 1.82) is 0 Å². The summed E-state index contributed by atoms with van der Waals surface area (Å²) < 4.78 is 4.94. The average Bonchev–Trinajstić information content (AvgIpc) is 3.75. The van der Waals surface area contributed by atoms with Gasteiger partial charge in [0.1, 0.15) is 0 Å². The Balaban J connectivity index is 1.16. The SMILES string of the molecule is CCCCc1ccc2c(-n3c4ccc(-c5ccc6c(c5)c5ccc7ccccc7c5n6-c5ccccc5)cc4c4c5ccccc5ccc43)cccc2c1. The van der Waals surface area contributed by atoms with Gasteiger partial charge in [-0.3, -0.25) is 0 Å². The zero-order valence-electron chi connectivity index (χ0n) is 30.3. The summed E-state index contributed by atoms with van der Waals surface area (Å²) in [6.45, 7) is 2.26. The highest BCUT2D eigenvalue weighted by molar-refractivity contribution is 6.23. The molecule has 0 spiro atoms. The second-order valence-corrected chi connectivity index (χ2v) is 14.8. The van der Waals surface area contributed by atoms with Crippen LogP contribution in [0.4, 0.5) is 0 Å². The molecule has 0 amide bonds. The fraction of sp³-hybridized carbons (Fsp3) is 0.0769. The summed E-state index contributed by atoms with van der Waals surface area (Å²) >= 11 is 0. The fourth-order valence-electron chi connectivity index (χ4n) is 9.08. The van der Waals surface area contributed by atoms with Crippen molar-refractivity contribution in [1.82, 2.24) is 9.13 Å². The van der Waals surface area contributed by atoms with Crippen LogP contribution in [0.15, 0.2) is 176 Å². The van der Waals surface area contributed by atoms with E-state index in [2.05, 4.69) is 192 Å². The monoisotopic (exact) mass is 690 g/mol. The van der Waals surface area contributed by atoms with Crippen molar-refractivity contribution in [3.63, 3.8) is 0 Å². The molecule has 54 heavy (non-hydrogen) atoms. The summed E-state index contributed by atoms with van der Waals surface area (Å²) in [4.78, 5) is 0. The number of aromatic nitrogens is 2. The third-order valence-corrected chi connectivity index (χ3v) is 11.6. The third-order valence-electron chi connectivity index (χ3n) is 11.6. The van der Waals surface area contributed by atoms with Crippen LogP contribution < -0.4 is 0 Å². The molecule has 2 heteroatoms. The summed E-state index contributed by atoms with van der Waals surface area (Å²) in [5.41, 5.74) is 11.2. The Hall–Kier alpha value is -6.64. The Morgan fingerprint density at radius 1 is 0.407 bits per heavy atom. The molecular weight excluding hydrogens is 653 g/mol. The van der Waals surface area contributed by atoms with E-state index < -0.39 is 0 Å². The standard InChI is InChI=1S/C52H38N2/c1-2-3-12-34-21-26-41-39(31-34)15-11-20-47(41)54-49-29-25-38(33-46(49)51-42-18-9-7-13-35(42)23-30-50(51)54)37-24-28-48-45(32-37)44-27-22-36-14-8-10-19-43(36)52(44)53(48)40-16-5-4-6-17-40/h4-11,13-33H,2-3,12H2,1H3. The van der Waals surface area contributed by atoms with Gasteiger partial charge >= 0.3 is 0 Å². The van der Waals surface area contributed by atoms with E-state index >= 15 is 0 Å². The van der Waals surface area contributed by atoms with Crippen LogP contribution in [0.25, 0.3) is 98.4 Å². The number of nitrogens with zero attached hydrogens (tertiary/aromatic N) is 2. The maximum atomic E-state index is 2.50. The number of rotatable bonds is 6. The van der Waals surface area contributed by atoms with Crippen molar-refractivity contribution < 1.29 is 0 Å². The van der Waals surface area contributed by atoms with Crippen molar-refractivity contribution in [3.05, 3.63) is 181 Å². The number of unbranched alkanes of at least 4 members (excludes halogenated alkanes) is 1. The molecule has 0 radical (unpaired) electrons. The number of aryl methyl sites for hydroxylation is 1. The van der Waals surface area contributed by atoms with Gasteiger partial charge in [-0.1, -0.05) is 141 Å². The third kappa shape index (κ3) is 4.66. The first-order valence-corrected chi connectivity index (χ1v) is 19.2. The Labute approximate surface area is 314 Å². The molecule has 0 saturated heterocycles. The number of benzene rings is 9. The zero-order chi connectivity index (χ0) is 35.8. The smallest absolute Gasteiger partial charge is 0.0619 e. The van der Waals surface area contributed by atoms with Gasteiger partial charge in [0.2, 0.25) is 0 Å². The van der Waals surface area contributed by atoms with Gasteiger partial charge in [-0.05, 0) is 99.6 Å². The average molecular weight is 691 g/mol. The van der Waals surface area contributed by atoms with Crippen LogP contribution in [0.1, 0.15) is 25.3 Å². The van der Waals surface area contributed by atoms with Crippen molar-refractivity contribution in [3.8, 4) is 22.5 Å². The van der Waals surface area contributed by atoms with Crippen molar-refractivity contribution in [2.45, 2.75) is 26.2 Å². The number of hydrogen-bond donors (Lipinski definition) is 0. The maximum absolute atomic E-state index is 2.50. The molecule has 2 heterocycles. The normalized spacial score (nSPS) is 12.0. The second-order valence-electron chi connectivity index (χ2n) is 14.8. The van der Waals surface area contributed by atoms with Gasteiger partial charge in [0.15, 0.2) is 0 Å². The fourth-order valence-corrected chi connectivity index (χ4v) is 9.08. The molecule has 11 aromatic rings. The van der Waals surface area contributed by atoms with E-state index in [1.165, 1.54) is 117 Å². The second kappa shape index (κ2) is 12.2. The number of para-hydroxylation sites is 1. The molecule has 0 aliphatic heterocycles. The van der Waals surface area contributed by atoms with Crippen LogP contribution in [0.2, 0.25) is 0 Å². The van der Waals surface area contributed by atoms with Gasteiger partial charge in [-0.2, -0.15) is 0 Å². The lowest BCUT2D eigenvalue weighted by atomic mass is 9.98. The molecule has 9 aromatic carbocycles. The van der Waals surface area contributed by atoms with Crippen molar-refractivity contribution in [2.24, 2.45) is 0 Å². The molecule has 11 rings (SSSR count). The van der Waals surface area contributed by atoms with Crippen LogP contribution in [0.3, 0.4) is 0 Å². The molecule has 0 bridgehead atoms. The van der Waals surface area contributed by atoms with Gasteiger partial charge in [-0.15, -0.1) is 0 Å². The Kier molecular flexibility index (Phi) is 7.00. The van der Waals surface area contributed by atoms with Crippen LogP contribution in [-0.2, 0) is 6.42 Å². The van der Waals surface area contributed by atoms with E-state index in [0.29, 0.717) is 0 Å². The summed E-state index contributed by atoms with van der Waals surface area (Å²) in [6.07, 6.45) is 3.54. The van der Waals surface area contributed by atoms with E-state index in [1.54, 1.807) is 0 Å². The minimum absolute atomic E-state index is 1.12. The van der Waals surface area contributed by atoms with Crippen molar-refractivity contribution >= 4 is 75.9 Å². The van der Waals surface area contributed by atoms with Crippen LogP contribution in [0.5, 0.6) is 0 Å². The molecule has 0 fully saturated rings. The van der Waals surface area contributed by atoms with E-state index in [1.807, 2.05) is 0 Å². The van der Waals surface area contributed by atoms with Crippen LogP contribution in [-0.4, -0.2) is 9.13 Å². The van der Waals surface area contributed by atoms with Gasteiger partial charge in [0.25, 0.3) is 0 Å². The molecule has 0 atom stereocenters. The van der Waals surface area contributed by atoms with Crippen molar-refractivity contribution in [2.75, 3.05) is 0 Å². The summed E-state index contributed by atoms with van der Waals surface area (Å²) in [7, 11) is 0. The number of fused-ring (bicyclic) bond motifs is 11. The number of hydrogen-bond acceptors (Lipinski definition) is 0. The quantitative estimate of drug-likeness (QED) is 0.164. The molecule has 0 N–H and O–H groups in total. The summed E-state index contributed by atoms with van der Waals surface area (Å²) in [5.74, 6) is 0.